The molecule has 2 amide bonds. The lowest BCUT2D eigenvalue weighted by atomic mass is 9.76. The summed E-state index contributed by atoms with van der Waals surface area (Å²) in [7, 11) is -1.83. The number of amides is 2. The second-order valence-electron chi connectivity index (χ2n) is 10.9. The van der Waals surface area contributed by atoms with E-state index in [0.29, 0.717) is 50.3 Å². The molecule has 214 valence electrons. The van der Waals surface area contributed by atoms with E-state index in [1.165, 1.54) is 6.26 Å². The zero-order valence-electron chi connectivity index (χ0n) is 23.2. The SMILES string of the molecule is C[C@H]1CC[C@H](COC(=O)NC(Cc2coc3ccccc23)B(O)O)N1C(=O)C(C#N)=CC(C)(C)N1CCOCC1. The number of benzene rings is 1. The maximum Gasteiger partial charge on any atom is 0.475 e. The van der Waals surface area contributed by atoms with Crippen molar-refractivity contribution >= 4 is 30.1 Å². The summed E-state index contributed by atoms with van der Waals surface area (Å²) >= 11 is 0. The van der Waals surface area contributed by atoms with Crippen LogP contribution in [-0.4, -0.2) is 95.4 Å². The first-order valence-electron chi connectivity index (χ1n) is 13.6. The van der Waals surface area contributed by atoms with Gasteiger partial charge in [0, 0.05) is 30.1 Å². The van der Waals surface area contributed by atoms with E-state index in [4.69, 9.17) is 13.9 Å². The highest BCUT2D eigenvalue weighted by molar-refractivity contribution is 6.43. The molecule has 2 saturated heterocycles. The van der Waals surface area contributed by atoms with Crippen LogP contribution in [0.2, 0.25) is 0 Å². The van der Waals surface area contributed by atoms with E-state index < -0.39 is 36.6 Å². The van der Waals surface area contributed by atoms with E-state index >= 15 is 0 Å². The summed E-state index contributed by atoms with van der Waals surface area (Å²) in [5, 5.41) is 33.0. The number of nitriles is 1. The van der Waals surface area contributed by atoms with Crippen molar-refractivity contribution in [1.82, 2.24) is 15.1 Å². The number of nitrogens with one attached hydrogen (secondary N) is 1. The van der Waals surface area contributed by atoms with Gasteiger partial charge in [0.25, 0.3) is 5.91 Å². The van der Waals surface area contributed by atoms with Crippen LogP contribution in [0.25, 0.3) is 11.0 Å². The van der Waals surface area contributed by atoms with E-state index in [-0.39, 0.29) is 24.6 Å². The highest BCUT2D eigenvalue weighted by atomic mass is 16.5. The molecule has 1 unspecified atom stereocenters. The van der Waals surface area contributed by atoms with Gasteiger partial charge in [-0.25, -0.2) is 4.79 Å². The first-order chi connectivity index (χ1) is 19.1. The van der Waals surface area contributed by atoms with E-state index in [9.17, 15) is 24.9 Å². The summed E-state index contributed by atoms with van der Waals surface area (Å²) in [5.74, 6) is -1.43. The van der Waals surface area contributed by atoms with Gasteiger partial charge in [-0.1, -0.05) is 18.2 Å². The van der Waals surface area contributed by atoms with Crippen LogP contribution in [0.1, 0.15) is 39.2 Å². The molecule has 0 radical (unpaired) electrons. The maximum atomic E-state index is 13.5. The van der Waals surface area contributed by atoms with Crippen molar-refractivity contribution in [2.45, 2.75) is 63.6 Å². The van der Waals surface area contributed by atoms with Gasteiger partial charge in [0.1, 0.15) is 23.8 Å². The third-order valence-corrected chi connectivity index (χ3v) is 7.77. The highest BCUT2D eigenvalue weighted by Gasteiger charge is 2.38. The number of hydrogen-bond acceptors (Lipinski definition) is 9. The van der Waals surface area contributed by atoms with E-state index in [1.54, 1.807) is 17.0 Å². The summed E-state index contributed by atoms with van der Waals surface area (Å²) in [4.78, 5) is 30.0. The first kappa shape index (κ1) is 29.6. The molecule has 2 aliphatic rings. The van der Waals surface area contributed by atoms with Crippen molar-refractivity contribution in [3.05, 3.63) is 47.7 Å². The van der Waals surface area contributed by atoms with Gasteiger partial charge in [-0.15, -0.1) is 0 Å². The number of nitrogens with zero attached hydrogens (tertiary/aromatic N) is 3. The minimum absolute atomic E-state index is 0.0514. The van der Waals surface area contributed by atoms with E-state index in [0.717, 1.165) is 5.39 Å². The minimum Gasteiger partial charge on any atom is -0.464 e. The highest BCUT2D eigenvalue weighted by Crippen LogP contribution is 2.28. The average Bonchev–Trinajstić information content (AvgIpc) is 3.53. The Morgan fingerprint density at radius 2 is 2.00 bits per heavy atom. The Morgan fingerprint density at radius 3 is 2.70 bits per heavy atom. The predicted octanol–water partition coefficient (Wildman–Crippen LogP) is 2.02. The second kappa shape index (κ2) is 12.9. The lowest BCUT2D eigenvalue weighted by Crippen LogP contribution is -2.50. The van der Waals surface area contributed by atoms with Crippen molar-refractivity contribution in [1.29, 1.82) is 5.26 Å². The zero-order valence-corrected chi connectivity index (χ0v) is 23.2. The molecular weight excluding hydrogens is 515 g/mol. The van der Waals surface area contributed by atoms with Gasteiger partial charge in [0.15, 0.2) is 0 Å². The molecule has 0 bridgehead atoms. The molecule has 4 rings (SSSR count). The van der Waals surface area contributed by atoms with Gasteiger partial charge < -0.3 is 34.2 Å². The molecule has 2 fully saturated rings. The second-order valence-corrected chi connectivity index (χ2v) is 10.9. The van der Waals surface area contributed by atoms with Gasteiger partial charge in [-0.2, -0.15) is 5.26 Å². The number of para-hydroxylation sites is 1. The Labute approximate surface area is 234 Å². The monoisotopic (exact) mass is 552 g/mol. The zero-order chi connectivity index (χ0) is 28.9. The van der Waals surface area contributed by atoms with Crippen molar-refractivity contribution in [2.75, 3.05) is 32.9 Å². The summed E-state index contributed by atoms with van der Waals surface area (Å²) < 4.78 is 16.4. The molecule has 3 N–H and O–H groups in total. The van der Waals surface area contributed by atoms with Crippen molar-refractivity contribution < 1.29 is 33.5 Å². The molecule has 3 atom stereocenters. The summed E-state index contributed by atoms with van der Waals surface area (Å²) in [5.41, 5.74) is 0.909. The van der Waals surface area contributed by atoms with E-state index in [2.05, 4.69) is 16.3 Å². The molecule has 2 aliphatic heterocycles. The normalized spacial score (nSPS) is 21.2. The van der Waals surface area contributed by atoms with Crippen LogP contribution in [0.15, 0.2) is 46.6 Å². The molecule has 0 aliphatic carbocycles. The number of furan rings is 1. The minimum atomic E-state index is -1.83. The fourth-order valence-corrected chi connectivity index (χ4v) is 5.49. The molecule has 40 heavy (non-hydrogen) atoms. The molecular formula is C28H37BN4O7. The number of rotatable bonds is 9. The number of hydrogen-bond donors (Lipinski definition) is 3. The van der Waals surface area contributed by atoms with Crippen LogP contribution >= 0.6 is 0 Å². The standard InChI is InChI=1S/C28H37BN4O7/c1-19-8-9-22(33(19)26(34)21(16-30)15-28(2,3)32-10-12-38-13-11-32)18-40-27(35)31-25(29(36)37)14-20-17-39-24-7-5-4-6-23(20)24/h4-7,15,17,19,22,25,36-37H,8-14,18H2,1-3H3,(H,31,35)/t19-,22+,25?/m0/s1. The van der Waals surface area contributed by atoms with Gasteiger partial charge in [0.05, 0.1) is 31.5 Å². The van der Waals surface area contributed by atoms with Crippen molar-refractivity contribution in [3.8, 4) is 6.07 Å². The van der Waals surface area contributed by atoms with Crippen LogP contribution in [0.5, 0.6) is 0 Å². The summed E-state index contributed by atoms with van der Waals surface area (Å²) in [6.07, 6.45) is 3.84. The Morgan fingerprint density at radius 1 is 1.27 bits per heavy atom. The first-order valence-corrected chi connectivity index (χ1v) is 13.6. The lowest BCUT2D eigenvalue weighted by molar-refractivity contribution is -0.130. The van der Waals surface area contributed by atoms with Gasteiger partial charge in [-0.3, -0.25) is 9.69 Å². The molecule has 0 spiro atoms. The average molecular weight is 552 g/mol. The smallest absolute Gasteiger partial charge is 0.464 e. The van der Waals surface area contributed by atoms with Crippen LogP contribution in [-0.2, 0) is 20.7 Å². The number of fused-ring (bicyclic) bond motifs is 1. The number of morpholine rings is 1. The van der Waals surface area contributed by atoms with Crippen molar-refractivity contribution in [2.24, 2.45) is 0 Å². The van der Waals surface area contributed by atoms with Crippen LogP contribution in [0.3, 0.4) is 0 Å². The fourth-order valence-electron chi connectivity index (χ4n) is 5.49. The molecule has 11 nitrogen and oxygen atoms in total. The maximum absolute atomic E-state index is 13.5. The van der Waals surface area contributed by atoms with Crippen LogP contribution < -0.4 is 5.32 Å². The molecule has 3 heterocycles. The number of likely N-dealkylation sites (tertiary alicyclic amines) is 1. The van der Waals surface area contributed by atoms with E-state index in [1.807, 2.05) is 39.0 Å². The van der Waals surface area contributed by atoms with Crippen LogP contribution in [0, 0.1) is 11.3 Å². The Hall–Kier alpha value is -3.37. The lowest BCUT2D eigenvalue weighted by Gasteiger charge is -2.39. The third-order valence-electron chi connectivity index (χ3n) is 7.77. The molecule has 0 saturated carbocycles. The third kappa shape index (κ3) is 6.85. The molecule has 1 aromatic carbocycles. The quantitative estimate of drug-likeness (QED) is 0.241. The number of carbonyl (C=O) groups excluding carboxylic acids is 2. The Balaban J connectivity index is 1.38. The Kier molecular flexibility index (Phi) is 9.53. The number of ether oxygens (including phenoxy) is 2. The Bertz CT molecular complexity index is 1260. The summed E-state index contributed by atoms with van der Waals surface area (Å²) in [6.45, 7) is 8.39. The topological polar surface area (TPSA) is 148 Å². The number of carbonyl (C=O) groups is 2. The molecule has 12 heteroatoms. The van der Waals surface area contributed by atoms with Gasteiger partial charge >= 0.3 is 13.2 Å². The van der Waals surface area contributed by atoms with Gasteiger partial charge in [0.2, 0.25) is 0 Å². The summed E-state index contributed by atoms with van der Waals surface area (Å²) in [6, 6.07) is 8.88. The predicted molar refractivity (Wildman–Crippen MR) is 148 cm³/mol. The van der Waals surface area contributed by atoms with Crippen molar-refractivity contribution in [3.63, 3.8) is 0 Å². The number of alkyl carbamates (subject to hydrolysis) is 1. The fraction of sp³-hybridized carbons (Fsp3) is 0.536. The van der Waals surface area contributed by atoms with Crippen LogP contribution in [0.4, 0.5) is 4.79 Å². The largest absolute Gasteiger partial charge is 0.475 e. The van der Waals surface area contributed by atoms with Gasteiger partial charge in [-0.05, 0) is 57.7 Å². The molecule has 2 aromatic rings. The molecule has 1 aromatic heterocycles.